The van der Waals surface area contributed by atoms with E-state index in [9.17, 15) is 0 Å². The summed E-state index contributed by atoms with van der Waals surface area (Å²) in [6.07, 6.45) is 1.26. The molecule has 0 saturated heterocycles. The molecule has 0 aromatic heterocycles. The number of halogens is 1. The summed E-state index contributed by atoms with van der Waals surface area (Å²) in [7, 11) is 0. The van der Waals surface area contributed by atoms with Crippen molar-refractivity contribution in [2.24, 2.45) is 5.41 Å². The summed E-state index contributed by atoms with van der Waals surface area (Å²) >= 11 is 5.59. The van der Waals surface area contributed by atoms with Gasteiger partial charge in [0.05, 0.1) is 0 Å². The third-order valence-corrected chi connectivity index (χ3v) is 2.19. The predicted octanol–water partition coefficient (Wildman–Crippen LogP) is 2.13. The van der Waals surface area contributed by atoms with E-state index >= 15 is 0 Å². The summed E-state index contributed by atoms with van der Waals surface area (Å²) < 4.78 is 0. The largest absolute Gasteiger partial charge is 0.308 e. The molecule has 1 unspecified atom stereocenters. The van der Waals surface area contributed by atoms with Crippen LogP contribution in [-0.4, -0.2) is 12.6 Å². The van der Waals surface area contributed by atoms with Crippen molar-refractivity contribution in [3.63, 3.8) is 0 Å². The Bertz CT molecular complexity index is 151. The molecule has 1 N–H and O–H groups in total. The zero-order chi connectivity index (χ0) is 7.78. The van der Waals surface area contributed by atoms with Gasteiger partial charge in [-0.25, -0.2) is 0 Å². The highest BCUT2D eigenvalue weighted by Gasteiger charge is 2.44. The summed E-state index contributed by atoms with van der Waals surface area (Å²) in [5.41, 5.74) is 0.492. The summed E-state index contributed by atoms with van der Waals surface area (Å²) in [6, 6.07) is 0.656. The Morgan fingerprint density at radius 3 is 2.60 bits per heavy atom. The molecule has 0 amide bonds. The van der Waals surface area contributed by atoms with E-state index in [1.807, 2.05) is 0 Å². The lowest BCUT2D eigenvalue weighted by Gasteiger charge is -2.03. The highest BCUT2D eigenvalue weighted by Crippen LogP contribution is 2.44. The Balaban J connectivity index is 2.13. The van der Waals surface area contributed by atoms with Gasteiger partial charge in [-0.3, -0.25) is 0 Å². The Labute approximate surface area is 67.5 Å². The maximum absolute atomic E-state index is 5.59. The van der Waals surface area contributed by atoms with Crippen molar-refractivity contribution in [3.8, 4) is 0 Å². The van der Waals surface area contributed by atoms with Crippen molar-refractivity contribution in [2.75, 3.05) is 6.54 Å². The van der Waals surface area contributed by atoms with E-state index < -0.39 is 0 Å². The number of hydrogen-bond acceptors (Lipinski definition) is 1. The Morgan fingerprint density at radius 1 is 1.80 bits per heavy atom. The van der Waals surface area contributed by atoms with Gasteiger partial charge in [-0.2, -0.15) is 0 Å². The zero-order valence-corrected chi connectivity index (χ0v) is 7.33. The van der Waals surface area contributed by atoms with Crippen LogP contribution in [0.15, 0.2) is 11.6 Å². The molecule has 1 atom stereocenters. The molecule has 1 saturated carbocycles. The van der Waals surface area contributed by atoms with Gasteiger partial charge < -0.3 is 5.32 Å². The lowest BCUT2D eigenvalue weighted by atomic mass is 10.2. The molecule has 0 radical (unpaired) electrons. The first-order valence-corrected chi connectivity index (χ1v) is 3.97. The lowest BCUT2D eigenvalue weighted by Crippen LogP contribution is -2.21. The molecule has 1 nitrogen and oxygen atoms in total. The monoisotopic (exact) mass is 159 g/mol. The van der Waals surface area contributed by atoms with E-state index in [-0.39, 0.29) is 0 Å². The highest BCUT2D eigenvalue weighted by atomic mass is 35.5. The smallest absolute Gasteiger partial charge is 0.0310 e. The second kappa shape index (κ2) is 2.55. The molecule has 0 heterocycles. The zero-order valence-electron chi connectivity index (χ0n) is 6.58. The molecule has 0 aliphatic heterocycles. The first kappa shape index (κ1) is 8.09. The van der Waals surface area contributed by atoms with E-state index in [2.05, 4.69) is 25.7 Å². The van der Waals surface area contributed by atoms with E-state index in [4.69, 9.17) is 11.6 Å². The van der Waals surface area contributed by atoms with Gasteiger partial charge in [-0.15, -0.1) is 0 Å². The van der Waals surface area contributed by atoms with Crippen molar-refractivity contribution in [1.29, 1.82) is 0 Å². The van der Waals surface area contributed by atoms with Gasteiger partial charge in [0.1, 0.15) is 0 Å². The third kappa shape index (κ3) is 1.99. The van der Waals surface area contributed by atoms with Crippen LogP contribution in [0.5, 0.6) is 0 Å². The molecule has 1 fully saturated rings. The van der Waals surface area contributed by atoms with Crippen LogP contribution in [0.2, 0.25) is 0 Å². The molecule has 10 heavy (non-hydrogen) atoms. The Morgan fingerprint density at radius 2 is 2.30 bits per heavy atom. The van der Waals surface area contributed by atoms with E-state index in [0.29, 0.717) is 16.5 Å². The first-order valence-electron chi connectivity index (χ1n) is 3.59. The predicted molar refractivity (Wildman–Crippen MR) is 45.2 cm³/mol. The van der Waals surface area contributed by atoms with Crippen molar-refractivity contribution in [1.82, 2.24) is 5.32 Å². The van der Waals surface area contributed by atoms with E-state index in [1.54, 1.807) is 0 Å². The maximum Gasteiger partial charge on any atom is 0.0310 e. The fraction of sp³-hybridized carbons (Fsp3) is 0.750. The van der Waals surface area contributed by atoms with Crippen LogP contribution in [0.1, 0.15) is 20.3 Å². The summed E-state index contributed by atoms with van der Waals surface area (Å²) in [5, 5.41) is 4.01. The highest BCUT2D eigenvalue weighted by molar-refractivity contribution is 6.29. The minimum Gasteiger partial charge on any atom is -0.308 e. The Hall–Kier alpha value is -0.0100. The number of rotatable bonds is 3. The molecular weight excluding hydrogens is 146 g/mol. The van der Waals surface area contributed by atoms with Crippen molar-refractivity contribution >= 4 is 11.6 Å². The van der Waals surface area contributed by atoms with E-state index in [1.165, 1.54) is 6.42 Å². The van der Waals surface area contributed by atoms with Crippen molar-refractivity contribution in [2.45, 2.75) is 26.3 Å². The van der Waals surface area contributed by atoms with Crippen LogP contribution in [-0.2, 0) is 0 Å². The fourth-order valence-electron chi connectivity index (χ4n) is 1.05. The van der Waals surface area contributed by atoms with Crippen LogP contribution in [0.3, 0.4) is 0 Å². The van der Waals surface area contributed by atoms with E-state index in [0.717, 1.165) is 6.54 Å². The average molecular weight is 160 g/mol. The van der Waals surface area contributed by atoms with Crippen molar-refractivity contribution < 1.29 is 0 Å². The van der Waals surface area contributed by atoms with Crippen LogP contribution in [0, 0.1) is 5.41 Å². The van der Waals surface area contributed by atoms with Gasteiger partial charge in [0.25, 0.3) is 0 Å². The van der Waals surface area contributed by atoms with Gasteiger partial charge >= 0.3 is 0 Å². The first-order chi connectivity index (χ1) is 4.52. The standard InChI is InChI=1S/C8H14ClN/c1-6(9)5-10-7-4-8(7,2)3/h7,10H,1,4-5H2,2-3H3. The minimum atomic E-state index is 0.492. The molecule has 1 aliphatic carbocycles. The third-order valence-electron chi connectivity index (χ3n) is 2.05. The molecule has 58 valence electrons. The quantitative estimate of drug-likeness (QED) is 0.666. The Kier molecular flexibility index (Phi) is 2.07. The molecule has 1 rings (SSSR count). The summed E-state index contributed by atoms with van der Waals surface area (Å²) in [6.45, 7) is 8.85. The molecule has 0 aromatic rings. The SMILES string of the molecule is C=C(Cl)CNC1CC1(C)C. The topological polar surface area (TPSA) is 12.0 Å². The van der Waals surface area contributed by atoms with Crippen LogP contribution < -0.4 is 5.32 Å². The lowest BCUT2D eigenvalue weighted by molar-refractivity contribution is 0.560. The summed E-state index contributed by atoms with van der Waals surface area (Å²) in [4.78, 5) is 0. The summed E-state index contributed by atoms with van der Waals surface area (Å²) in [5.74, 6) is 0. The molecule has 0 spiro atoms. The molecule has 1 aliphatic rings. The minimum absolute atomic E-state index is 0.492. The van der Waals surface area contributed by atoms with Gasteiger partial charge in [-0.1, -0.05) is 32.0 Å². The van der Waals surface area contributed by atoms with Gasteiger partial charge in [-0.05, 0) is 11.8 Å². The second-order valence-electron chi connectivity index (χ2n) is 3.64. The van der Waals surface area contributed by atoms with Gasteiger partial charge in [0.15, 0.2) is 0 Å². The van der Waals surface area contributed by atoms with Crippen LogP contribution in [0.25, 0.3) is 0 Å². The van der Waals surface area contributed by atoms with Crippen LogP contribution in [0.4, 0.5) is 0 Å². The number of nitrogens with one attached hydrogen (secondary N) is 1. The van der Waals surface area contributed by atoms with Gasteiger partial charge in [0.2, 0.25) is 0 Å². The van der Waals surface area contributed by atoms with Crippen molar-refractivity contribution in [3.05, 3.63) is 11.6 Å². The molecular formula is C8H14ClN. The molecule has 0 bridgehead atoms. The maximum atomic E-state index is 5.59. The molecule has 2 heteroatoms. The van der Waals surface area contributed by atoms with Crippen LogP contribution >= 0.6 is 11.6 Å². The fourth-order valence-corrected chi connectivity index (χ4v) is 1.13. The number of hydrogen-bond donors (Lipinski definition) is 1. The average Bonchev–Trinajstić information content (AvgIpc) is 2.35. The second-order valence-corrected chi connectivity index (χ2v) is 4.18. The normalized spacial score (nSPS) is 28.1. The molecule has 0 aromatic carbocycles. The van der Waals surface area contributed by atoms with Gasteiger partial charge in [0, 0.05) is 17.6 Å².